The van der Waals surface area contributed by atoms with Gasteiger partial charge in [-0.2, -0.15) is 0 Å². The van der Waals surface area contributed by atoms with Crippen molar-refractivity contribution in [1.82, 2.24) is 4.90 Å². The number of likely N-dealkylation sites (tertiary alicyclic amines) is 1. The van der Waals surface area contributed by atoms with Crippen molar-refractivity contribution in [3.05, 3.63) is 35.4 Å². The van der Waals surface area contributed by atoms with Gasteiger partial charge in [0.2, 0.25) is 0 Å². The van der Waals surface area contributed by atoms with Crippen LogP contribution < -0.4 is 0 Å². The first-order chi connectivity index (χ1) is 7.88. The van der Waals surface area contributed by atoms with Crippen molar-refractivity contribution in [2.45, 2.75) is 32.4 Å². The highest BCUT2D eigenvalue weighted by molar-refractivity contribution is 5.94. The molecule has 0 bridgehead atoms. The molecule has 0 saturated carbocycles. The molecule has 17 heavy (non-hydrogen) atoms. The van der Waals surface area contributed by atoms with Gasteiger partial charge < -0.3 is 4.90 Å². The van der Waals surface area contributed by atoms with Crippen molar-refractivity contribution in [3.8, 4) is 0 Å². The Kier molecular flexibility index (Phi) is 2.94. The first-order valence-electron chi connectivity index (χ1n) is 5.92. The van der Waals surface area contributed by atoms with E-state index in [1.165, 1.54) is 10.5 Å². The Bertz CT molecular complexity index is 413. The summed E-state index contributed by atoms with van der Waals surface area (Å²) in [7, 11) is 0. The van der Waals surface area contributed by atoms with E-state index in [4.69, 9.17) is 0 Å². The molecule has 2 rings (SSSR count). The van der Waals surface area contributed by atoms with Crippen LogP contribution in [-0.4, -0.2) is 30.1 Å². The topological polar surface area (TPSA) is 20.3 Å². The van der Waals surface area contributed by atoms with Crippen molar-refractivity contribution in [3.63, 3.8) is 0 Å². The molecule has 2 nitrogen and oxygen atoms in total. The zero-order valence-corrected chi connectivity index (χ0v) is 10.5. The average Bonchev–Trinajstić information content (AvgIpc) is 2.23. The van der Waals surface area contributed by atoms with Gasteiger partial charge in [-0.25, -0.2) is 4.39 Å². The lowest BCUT2D eigenvalue weighted by atomic mass is 9.86. The average molecular weight is 235 g/mol. The minimum atomic E-state index is -0.840. The van der Waals surface area contributed by atoms with Crippen LogP contribution in [0.2, 0.25) is 0 Å². The Morgan fingerprint density at radius 1 is 1.24 bits per heavy atom. The fourth-order valence-corrected chi connectivity index (χ4v) is 1.89. The summed E-state index contributed by atoms with van der Waals surface area (Å²) in [5.74, 6) is -0.0700. The monoisotopic (exact) mass is 235 g/mol. The van der Waals surface area contributed by atoms with Crippen molar-refractivity contribution in [2.75, 3.05) is 13.1 Å². The van der Waals surface area contributed by atoms with Gasteiger partial charge in [-0.1, -0.05) is 32.9 Å². The zero-order valence-electron chi connectivity index (χ0n) is 10.5. The maximum absolute atomic E-state index is 12.7. The van der Waals surface area contributed by atoms with E-state index in [9.17, 15) is 9.18 Å². The van der Waals surface area contributed by atoms with E-state index < -0.39 is 6.17 Å². The molecule has 1 aromatic carbocycles. The maximum Gasteiger partial charge on any atom is 0.254 e. The van der Waals surface area contributed by atoms with Gasteiger partial charge >= 0.3 is 0 Å². The summed E-state index contributed by atoms with van der Waals surface area (Å²) in [5, 5.41) is 0. The van der Waals surface area contributed by atoms with Gasteiger partial charge in [0.05, 0.1) is 13.1 Å². The van der Waals surface area contributed by atoms with E-state index in [2.05, 4.69) is 20.8 Å². The highest BCUT2D eigenvalue weighted by atomic mass is 19.1. The first-order valence-corrected chi connectivity index (χ1v) is 5.92. The Morgan fingerprint density at radius 3 is 2.18 bits per heavy atom. The molecule has 1 saturated heterocycles. The molecule has 1 aliphatic rings. The van der Waals surface area contributed by atoms with E-state index in [0.717, 1.165) is 0 Å². The van der Waals surface area contributed by atoms with Gasteiger partial charge in [0.1, 0.15) is 6.17 Å². The Morgan fingerprint density at radius 2 is 1.76 bits per heavy atom. The van der Waals surface area contributed by atoms with E-state index in [0.29, 0.717) is 5.56 Å². The molecule has 1 fully saturated rings. The first kappa shape index (κ1) is 12.1. The zero-order chi connectivity index (χ0) is 12.6. The number of rotatable bonds is 1. The predicted molar refractivity (Wildman–Crippen MR) is 65.9 cm³/mol. The van der Waals surface area contributed by atoms with Crippen LogP contribution in [0, 0.1) is 0 Å². The molecule has 0 atom stereocenters. The molecule has 0 aliphatic carbocycles. The third kappa shape index (κ3) is 2.48. The largest absolute Gasteiger partial charge is 0.333 e. The lowest BCUT2D eigenvalue weighted by molar-refractivity contribution is 0.0400. The molecule has 0 spiro atoms. The molecule has 3 heteroatoms. The molecule has 1 aromatic rings. The van der Waals surface area contributed by atoms with E-state index in [-0.39, 0.29) is 24.4 Å². The lowest BCUT2D eigenvalue weighted by Crippen LogP contribution is -2.51. The molecule has 0 radical (unpaired) electrons. The van der Waals surface area contributed by atoms with Crippen LogP contribution in [0.15, 0.2) is 24.3 Å². The van der Waals surface area contributed by atoms with Gasteiger partial charge in [-0.05, 0) is 23.1 Å². The normalized spacial score (nSPS) is 16.8. The summed E-state index contributed by atoms with van der Waals surface area (Å²) in [4.78, 5) is 13.4. The van der Waals surface area contributed by atoms with Gasteiger partial charge in [0, 0.05) is 5.56 Å². The smallest absolute Gasteiger partial charge is 0.254 e. The summed E-state index contributed by atoms with van der Waals surface area (Å²) in [6, 6.07) is 7.60. The number of hydrogen-bond donors (Lipinski definition) is 0. The molecule has 1 heterocycles. The fourth-order valence-electron chi connectivity index (χ4n) is 1.89. The van der Waals surface area contributed by atoms with Crippen LogP contribution in [0.5, 0.6) is 0 Å². The minimum absolute atomic E-state index is 0.0700. The number of carbonyl (C=O) groups excluding carboxylic acids is 1. The fraction of sp³-hybridized carbons (Fsp3) is 0.500. The van der Waals surface area contributed by atoms with E-state index >= 15 is 0 Å². The number of halogens is 1. The predicted octanol–water partition coefficient (Wildman–Crippen LogP) is 2.78. The molecule has 0 N–H and O–H groups in total. The summed E-state index contributed by atoms with van der Waals surface area (Å²) >= 11 is 0. The van der Waals surface area contributed by atoms with Crippen molar-refractivity contribution < 1.29 is 9.18 Å². The lowest BCUT2D eigenvalue weighted by Gasteiger charge is -2.34. The van der Waals surface area contributed by atoms with Crippen LogP contribution in [0.4, 0.5) is 4.39 Å². The quantitative estimate of drug-likeness (QED) is 0.733. The van der Waals surface area contributed by atoms with E-state index in [1.54, 1.807) is 0 Å². The van der Waals surface area contributed by atoms with Crippen LogP contribution in [0.1, 0.15) is 36.7 Å². The second-order valence-electron chi connectivity index (χ2n) is 5.63. The number of alkyl halides is 1. The van der Waals surface area contributed by atoms with E-state index in [1.807, 2.05) is 24.3 Å². The van der Waals surface area contributed by atoms with Gasteiger partial charge in [0.25, 0.3) is 5.91 Å². The van der Waals surface area contributed by atoms with Crippen molar-refractivity contribution >= 4 is 5.91 Å². The third-order valence-electron chi connectivity index (χ3n) is 3.12. The van der Waals surface area contributed by atoms with Crippen LogP contribution in [0.3, 0.4) is 0 Å². The second-order valence-corrected chi connectivity index (χ2v) is 5.63. The van der Waals surface area contributed by atoms with Gasteiger partial charge in [-0.15, -0.1) is 0 Å². The van der Waals surface area contributed by atoms with Gasteiger partial charge in [-0.3, -0.25) is 4.79 Å². The molecule has 92 valence electrons. The molecule has 0 aromatic heterocycles. The summed E-state index contributed by atoms with van der Waals surface area (Å²) < 4.78 is 12.7. The van der Waals surface area contributed by atoms with Crippen LogP contribution in [-0.2, 0) is 5.41 Å². The SMILES string of the molecule is CC(C)(C)c1ccc(C(=O)N2CC(F)C2)cc1. The standard InChI is InChI=1S/C14H18FNO/c1-14(2,3)11-6-4-10(5-7-11)13(17)16-8-12(15)9-16/h4-7,12H,8-9H2,1-3H3. The number of amides is 1. The third-order valence-corrected chi connectivity index (χ3v) is 3.12. The minimum Gasteiger partial charge on any atom is -0.333 e. The van der Waals surface area contributed by atoms with Crippen molar-refractivity contribution in [1.29, 1.82) is 0 Å². The molecule has 1 aliphatic heterocycles. The van der Waals surface area contributed by atoms with Crippen LogP contribution >= 0.6 is 0 Å². The highest BCUT2D eigenvalue weighted by Crippen LogP contribution is 2.23. The Labute approximate surface area is 101 Å². The van der Waals surface area contributed by atoms with Crippen molar-refractivity contribution in [2.24, 2.45) is 0 Å². The second kappa shape index (κ2) is 4.13. The summed E-state index contributed by atoms with van der Waals surface area (Å²) in [6.07, 6.45) is -0.840. The molecule has 0 unspecified atom stereocenters. The highest BCUT2D eigenvalue weighted by Gasteiger charge is 2.30. The molecule has 1 amide bonds. The summed E-state index contributed by atoms with van der Waals surface area (Å²) in [5.41, 5.74) is 1.92. The van der Waals surface area contributed by atoms with Gasteiger partial charge in [0.15, 0.2) is 0 Å². The molecular weight excluding hydrogens is 217 g/mol. The Hall–Kier alpha value is -1.38. The molecular formula is C14H18FNO. The number of carbonyl (C=O) groups is 1. The Balaban J connectivity index is 2.10. The number of nitrogens with zero attached hydrogens (tertiary/aromatic N) is 1. The summed E-state index contributed by atoms with van der Waals surface area (Å²) in [6.45, 7) is 6.87. The number of benzene rings is 1. The maximum atomic E-state index is 12.7. The number of hydrogen-bond acceptors (Lipinski definition) is 1. The van der Waals surface area contributed by atoms with Crippen LogP contribution in [0.25, 0.3) is 0 Å².